The van der Waals surface area contributed by atoms with Gasteiger partial charge in [0.15, 0.2) is 0 Å². The lowest BCUT2D eigenvalue weighted by atomic mass is 10.3. The minimum absolute atomic E-state index is 0.101. The molecule has 1 saturated heterocycles. The number of β-amino-alcohol motifs (C(OH)–C–C–N with tert-alkyl or cyclic N) is 1. The van der Waals surface area contributed by atoms with Crippen LogP contribution in [-0.2, 0) is 16.4 Å². The molecule has 0 amide bonds. The van der Waals surface area contributed by atoms with E-state index in [0.29, 0.717) is 39.1 Å². The molecular weight excluding hydrogens is 278 g/mol. The molecule has 1 N–H and O–H groups in total. The van der Waals surface area contributed by atoms with Crippen LogP contribution in [0.3, 0.4) is 0 Å². The number of nitrogens with zero attached hydrogens (tertiary/aromatic N) is 3. The quantitative estimate of drug-likeness (QED) is 0.771. The highest BCUT2D eigenvalue weighted by atomic mass is 32.2. The van der Waals surface area contributed by atoms with Gasteiger partial charge in [0.2, 0.25) is 10.0 Å². The predicted molar refractivity (Wildman–Crippen MR) is 76.8 cm³/mol. The van der Waals surface area contributed by atoms with Crippen molar-refractivity contribution in [2.24, 2.45) is 0 Å². The Morgan fingerprint density at radius 2 is 1.95 bits per heavy atom. The Balaban J connectivity index is 1.85. The first-order valence-corrected chi connectivity index (χ1v) is 8.44. The smallest absolute Gasteiger partial charge is 0.214 e. The highest BCUT2D eigenvalue weighted by molar-refractivity contribution is 7.89. The van der Waals surface area contributed by atoms with Crippen molar-refractivity contribution < 1.29 is 13.5 Å². The second-order valence-electron chi connectivity index (χ2n) is 4.85. The number of pyridine rings is 1. The van der Waals surface area contributed by atoms with Gasteiger partial charge in [-0.3, -0.25) is 9.88 Å². The fourth-order valence-corrected chi connectivity index (χ4v) is 3.73. The number of sulfonamides is 1. The van der Waals surface area contributed by atoms with Crippen LogP contribution < -0.4 is 0 Å². The molecule has 0 atom stereocenters. The topological polar surface area (TPSA) is 73.7 Å². The summed E-state index contributed by atoms with van der Waals surface area (Å²) < 4.78 is 26.1. The van der Waals surface area contributed by atoms with E-state index in [0.717, 1.165) is 5.69 Å². The molecule has 2 heterocycles. The Morgan fingerprint density at radius 3 is 2.55 bits per heavy atom. The second kappa shape index (κ2) is 7.12. The average Bonchev–Trinajstić information content (AvgIpc) is 2.47. The van der Waals surface area contributed by atoms with Gasteiger partial charge in [-0.05, 0) is 12.1 Å². The molecule has 2 rings (SSSR count). The first kappa shape index (κ1) is 15.4. The SMILES string of the molecule is O=S(=O)(CCc1ccccn1)N1CCN(CCO)CC1. The zero-order chi connectivity index (χ0) is 14.4. The first-order valence-electron chi connectivity index (χ1n) is 6.83. The standard InChI is InChI=1S/C13H21N3O3S/c17-11-10-15-6-8-16(9-7-15)20(18,19)12-4-13-3-1-2-5-14-13/h1-3,5,17H,4,6-12H2. The lowest BCUT2D eigenvalue weighted by molar-refractivity contribution is 0.151. The van der Waals surface area contributed by atoms with Crippen molar-refractivity contribution in [1.29, 1.82) is 0 Å². The molecule has 0 aliphatic carbocycles. The van der Waals surface area contributed by atoms with E-state index in [2.05, 4.69) is 9.88 Å². The Morgan fingerprint density at radius 1 is 1.20 bits per heavy atom. The summed E-state index contributed by atoms with van der Waals surface area (Å²) in [5, 5.41) is 8.87. The van der Waals surface area contributed by atoms with Crippen LogP contribution in [0.1, 0.15) is 5.69 Å². The number of rotatable bonds is 6. The monoisotopic (exact) mass is 299 g/mol. The van der Waals surface area contributed by atoms with Crippen LogP contribution in [0.5, 0.6) is 0 Å². The zero-order valence-electron chi connectivity index (χ0n) is 11.5. The molecule has 0 spiro atoms. The van der Waals surface area contributed by atoms with Gasteiger partial charge in [-0.25, -0.2) is 8.42 Å². The van der Waals surface area contributed by atoms with Gasteiger partial charge in [0.25, 0.3) is 0 Å². The second-order valence-corrected chi connectivity index (χ2v) is 6.94. The molecule has 1 aliphatic heterocycles. The molecule has 1 fully saturated rings. The molecule has 20 heavy (non-hydrogen) atoms. The van der Waals surface area contributed by atoms with Gasteiger partial charge < -0.3 is 5.11 Å². The summed E-state index contributed by atoms with van der Waals surface area (Å²) in [6.45, 7) is 3.11. The summed E-state index contributed by atoms with van der Waals surface area (Å²) in [5.74, 6) is 0.101. The van der Waals surface area contributed by atoms with Gasteiger partial charge in [-0.15, -0.1) is 0 Å². The third-order valence-corrected chi connectivity index (χ3v) is 5.36. The zero-order valence-corrected chi connectivity index (χ0v) is 12.3. The molecule has 0 bridgehead atoms. The summed E-state index contributed by atoms with van der Waals surface area (Å²) in [7, 11) is -3.22. The predicted octanol–water partition coefficient (Wildman–Crippen LogP) is -0.436. The minimum Gasteiger partial charge on any atom is -0.395 e. The average molecular weight is 299 g/mol. The van der Waals surface area contributed by atoms with Gasteiger partial charge in [-0.1, -0.05) is 6.07 Å². The Kier molecular flexibility index (Phi) is 5.47. The first-order chi connectivity index (χ1) is 9.62. The molecule has 6 nitrogen and oxygen atoms in total. The molecule has 0 aromatic carbocycles. The lowest BCUT2D eigenvalue weighted by Gasteiger charge is -2.33. The Labute approximate surface area is 120 Å². The maximum absolute atomic E-state index is 12.3. The fourth-order valence-electron chi connectivity index (χ4n) is 2.28. The van der Waals surface area contributed by atoms with Crippen molar-refractivity contribution in [1.82, 2.24) is 14.2 Å². The molecule has 0 unspecified atom stereocenters. The molecule has 1 aromatic heterocycles. The van der Waals surface area contributed by atoms with E-state index < -0.39 is 10.0 Å². The summed E-state index contributed by atoms with van der Waals surface area (Å²) in [6.07, 6.45) is 2.12. The van der Waals surface area contributed by atoms with Crippen molar-refractivity contribution in [2.45, 2.75) is 6.42 Å². The van der Waals surface area contributed by atoms with E-state index in [1.54, 1.807) is 10.5 Å². The number of hydrogen-bond donors (Lipinski definition) is 1. The van der Waals surface area contributed by atoms with E-state index in [4.69, 9.17) is 5.11 Å². The van der Waals surface area contributed by atoms with Crippen LogP contribution in [0.2, 0.25) is 0 Å². The molecule has 0 saturated carbocycles. The third kappa shape index (κ3) is 4.24. The summed E-state index contributed by atoms with van der Waals surface area (Å²) in [5.41, 5.74) is 0.801. The van der Waals surface area contributed by atoms with Gasteiger partial charge in [0.1, 0.15) is 0 Å². The highest BCUT2D eigenvalue weighted by Crippen LogP contribution is 2.09. The number of aromatic nitrogens is 1. The van der Waals surface area contributed by atoms with Crippen LogP contribution in [-0.4, -0.2) is 72.8 Å². The van der Waals surface area contributed by atoms with Gasteiger partial charge >= 0.3 is 0 Å². The van der Waals surface area contributed by atoms with E-state index in [1.807, 2.05) is 18.2 Å². The molecule has 1 aromatic rings. The Bertz CT molecular complexity index is 499. The maximum Gasteiger partial charge on any atom is 0.214 e. The van der Waals surface area contributed by atoms with Crippen molar-refractivity contribution in [3.05, 3.63) is 30.1 Å². The summed E-state index contributed by atoms with van der Waals surface area (Å²) in [4.78, 5) is 6.22. The minimum atomic E-state index is -3.22. The van der Waals surface area contributed by atoms with Gasteiger partial charge in [0, 0.05) is 51.0 Å². The number of aliphatic hydroxyl groups excluding tert-OH is 1. The van der Waals surface area contributed by atoms with Crippen LogP contribution in [0.25, 0.3) is 0 Å². The van der Waals surface area contributed by atoms with Crippen molar-refractivity contribution >= 4 is 10.0 Å². The molecule has 112 valence electrons. The fraction of sp³-hybridized carbons (Fsp3) is 0.615. The lowest BCUT2D eigenvalue weighted by Crippen LogP contribution is -2.49. The number of hydrogen-bond acceptors (Lipinski definition) is 5. The van der Waals surface area contributed by atoms with Crippen molar-refractivity contribution in [2.75, 3.05) is 45.1 Å². The van der Waals surface area contributed by atoms with Gasteiger partial charge in [0.05, 0.1) is 12.4 Å². The Hall–Kier alpha value is -1.02. The number of piperazine rings is 1. The van der Waals surface area contributed by atoms with Crippen LogP contribution >= 0.6 is 0 Å². The van der Waals surface area contributed by atoms with Gasteiger partial charge in [-0.2, -0.15) is 4.31 Å². The maximum atomic E-state index is 12.3. The molecule has 0 radical (unpaired) electrons. The van der Waals surface area contributed by atoms with E-state index in [1.165, 1.54) is 0 Å². The summed E-state index contributed by atoms with van der Waals surface area (Å²) >= 11 is 0. The van der Waals surface area contributed by atoms with E-state index in [-0.39, 0.29) is 12.4 Å². The molecule has 7 heteroatoms. The van der Waals surface area contributed by atoms with Crippen molar-refractivity contribution in [3.63, 3.8) is 0 Å². The van der Waals surface area contributed by atoms with Crippen LogP contribution in [0.15, 0.2) is 24.4 Å². The van der Waals surface area contributed by atoms with Crippen LogP contribution in [0.4, 0.5) is 0 Å². The van der Waals surface area contributed by atoms with E-state index in [9.17, 15) is 8.42 Å². The van der Waals surface area contributed by atoms with E-state index >= 15 is 0 Å². The third-order valence-electron chi connectivity index (χ3n) is 3.48. The normalized spacial score (nSPS) is 18.2. The number of aryl methyl sites for hydroxylation is 1. The van der Waals surface area contributed by atoms with Crippen LogP contribution in [0, 0.1) is 0 Å². The highest BCUT2D eigenvalue weighted by Gasteiger charge is 2.26. The molecular formula is C13H21N3O3S. The largest absolute Gasteiger partial charge is 0.395 e. The van der Waals surface area contributed by atoms with Crippen molar-refractivity contribution in [3.8, 4) is 0 Å². The molecule has 1 aliphatic rings. The summed E-state index contributed by atoms with van der Waals surface area (Å²) in [6, 6.07) is 5.52. The number of aliphatic hydroxyl groups is 1.